The number of aromatic nitrogens is 4. The van der Waals surface area contributed by atoms with Crippen molar-refractivity contribution in [3.8, 4) is 10.6 Å². The number of pyridine rings is 1. The van der Waals surface area contributed by atoms with Crippen molar-refractivity contribution in [1.29, 1.82) is 0 Å². The lowest BCUT2D eigenvalue weighted by atomic mass is 10.2. The van der Waals surface area contributed by atoms with Crippen LogP contribution >= 0.6 is 11.3 Å². The van der Waals surface area contributed by atoms with E-state index in [0.29, 0.717) is 42.9 Å². The molecule has 1 amide bonds. The molecule has 9 nitrogen and oxygen atoms in total. The van der Waals surface area contributed by atoms with Crippen molar-refractivity contribution in [3.63, 3.8) is 0 Å². The van der Waals surface area contributed by atoms with Gasteiger partial charge in [-0.3, -0.25) is 9.78 Å². The normalized spacial score (nSPS) is 15.6. The molecule has 1 atom stereocenters. The Hall–Kier alpha value is -3.41. The first-order chi connectivity index (χ1) is 17.5. The number of ether oxygens (including phenoxy) is 1. The first kappa shape index (κ1) is 27.2. The number of carbonyl (C=O) groups excluding carboxylic acids is 1. The van der Waals surface area contributed by atoms with Gasteiger partial charge < -0.3 is 25.3 Å². The summed E-state index contributed by atoms with van der Waals surface area (Å²) in [4.78, 5) is 25.8. The summed E-state index contributed by atoms with van der Waals surface area (Å²) in [6.45, 7) is 12.4. The highest BCUT2D eigenvalue weighted by atomic mass is 32.1. The van der Waals surface area contributed by atoms with E-state index in [-0.39, 0.29) is 23.5 Å². The lowest BCUT2D eigenvalue weighted by Crippen LogP contribution is -2.51. The Kier molecular flexibility index (Phi) is 10.3. The van der Waals surface area contributed by atoms with Crippen LogP contribution in [0, 0.1) is 5.82 Å². The molecule has 1 fully saturated rings. The molecular formula is C25H32FN7O2S. The Morgan fingerprint density at radius 2 is 2.22 bits per heavy atom. The van der Waals surface area contributed by atoms with Gasteiger partial charge in [0.1, 0.15) is 17.6 Å². The lowest BCUT2D eigenvalue weighted by Gasteiger charge is -2.23. The second-order valence-corrected chi connectivity index (χ2v) is 8.63. The molecule has 0 saturated carbocycles. The number of amides is 1. The quantitative estimate of drug-likeness (QED) is 0.400. The summed E-state index contributed by atoms with van der Waals surface area (Å²) in [7, 11) is 0. The number of nitrogens with one attached hydrogen (secondary N) is 3. The minimum atomic E-state index is -0.386. The van der Waals surface area contributed by atoms with E-state index in [1.807, 2.05) is 31.4 Å². The fourth-order valence-corrected chi connectivity index (χ4v) is 4.35. The highest BCUT2D eigenvalue weighted by Gasteiger charge is 2.20. The molecule has 3 aromatic rings. The van der Waals surface area contributed by atoms with Crippen molar-refractivity contribution in [2.24, 2.45) is 0 Å². The van der Waals surface area contributed by atoms with E-state index in [4.69, 9.17) is 4.74 Å². The zero-order chi connectivity index (χ0) is 25.9. The maximum Gasteiger partial charge on any atom is 0.239 e. The van der Waals surface area contributed by atoms with Crippen LogP contribution in [0.5, 0.6) is 0 Å². The van der Waals surface area contributed by atoms with Gasteiger partial charge in [0.25, 0.3) is 0 Å². The summed E-state index contributed by atoms with van der Waals surface area (Å²) in [5.74, 6) is -0.467. The van der Waals surface area contributed by atoms with Crippen molar-refractivity contribution >= 4 is 34.5 Å². The fraction of sp³-hybridized carbons (Fsp3) is 0.360. The number of imidazole rings is 1. The minimum absolute atomic E-state index is 0.0809. The van der Waals surface area contributed by atoms with Crippen molar-refractivity contribution in [3.05, 3.63) is 60.3 Å². The predicted molar refractivity (Wildman–Crippen MR) is 142 cm³/mol. The molecule has 0 bridgehead atoms. The van der Waals surface area contributed by atoms with E-state index < -0.39 is 0 Å². The number of carbonyl (C=O) groups is 1. The number of halogens is 1. The van der Waals surface area contributed by atoms with Gasteiger partial charge in [-0.1, -0.05) is 31.8 Å². The Labute approximate surface area is 214 Å². The zero-order valence-corrected chi connectivity index (χ0v) is 21.6. The van der Waals surface area contributed by atoms with Crippen molar-refractivity contribution in [2.75, 3.05) is 31.6 Å². The monoisotopic (exact) mass is 513 g/mol. The smallest absolute Gasteiger partial charge is 0.239 e. The van der Waals surface area contributed by atoms with Crippen LogP contribution in [-0.4, -0.2) is 57.8 Å². The second kappa shape index (κ2) is 13.6. The molecule has 36 heavy (non-hydrogen) atoms. The summed E-state index contributed by atoms with van der Waals surface area (Å²) < 4.78 is 21.3. The standard InChI is InChI=1S/C23H26FN7O2S.C2H6/c1-3-17-19(31(14-29-17)9-7-27-22(32)18-13-33-10-8-25-18)11-15(2)30-23-28-12-20(34-23)21-16(24)5-4-6-26-21;1-2/h3-6,11-12,14,18,25H,1,7-10,13H2,2H3,(H,27,32)(H,28,30);1-2H3/b15-11+;. The van der Waals surface area contributed by atoms with Gasteiger partial charge in [0, 0.05) is 37.7 Å². The average molecular weight is 514 g/mol. The summed E-state index contributed by atoms with van der Waals surface area (Å²) in [5.41, 5.74) is 2.67. The first-order valence-electron chi connectivity index (χ1n) is 11.8. The maximum absolute atomic E-state index is 14.0. The van der Waals surface area contributed by atoms with Gasteiger partial charge >= 0.3 is 0 Å². The molecule has 0 aromatic carbocycles. The Morgan fingerprint density at radius 1 is 1.39 bits per heavy atom. The molecule has 1 saturated heterocycles. The fourth-order valence-electron chi connectivity index (χ4n) is 3.47. The molecule has 0 aliphatic carbocycles. The molecule has 1 aliphatic rings. The number of hydrogen-bond acceptors (Lipinski definition) is 8. The number of thiazole rings is 1. The average Bonchev–Trinajstić information content (AvgIpc) is 3.52. The molecule has 4 rings (SSSR count). The van der Waals surface area contributed by atoms with Gasteiger partial charge in [0.2, 0.25) is 5.91 Å². The Balaban J connectivity index is 0.00000176. The minimum Gasteiger partial charge on any atom is -0.378 e. The van der Waals surface area contributed by atoms with Gasteiger partial charge in [0.05, 0.1) is 35.8 Å². The van der Waals surface area contributed by atoms with Crippen LogP contribution in [0.3, 0.4) is 0 Å². The number of morpholine rings is 1. The number of hydrogen-bond donors (Lipinski definition) is 3. The van der Waals surface area contributed by atoms with E-state index in [9.17, 15) is 9.18 Å². The molecule has 1 aliphatic heterocycles. The molecular weight excluding hydrogens is 481 g/mol. The van der Waals surface area contributed by atoms with Gasteiger partial charge in [-0.15, -0.1) is 0 Å². The second-order valence-electron chi connectivity index (χ2n) is 7.60. The van der Waals surface area contributed by atoms with Gasteiger partial charge in [-0.2, -0.15) is 0 Å². The predicted octanol–water partition coefficient (Wildman–Crippen LogP) is 3.79. The third kappa shape index (κ3) is 7.06. The summed E-state index contributed by atoms with van der Waals surface area (Å²) in [5, 5.41) is 9.93. The summed E-state index contributed by atoms with van der Waals surface area (Å²) in [6.07, 6.45) is 8.49. The number of nitrogens with zero attached hydrogens (tertiary/aromatic N) is 4. The van der Waals surface area contributed by atoms with E-state index in [1.165, 1.54) is 17.4 Å². The van der Waals surface area contributed by atoms with E-state index >= 15 is 0 Å². The van der Waals surface area contributed by atoms with Crippen LogP contribution in [-0.2, 0) is 16.1 Å². The van der Waals surface area contributed by atoms with E-state index in [0.717, 1.165) is 17.1 Å². The molecule has 192 valence electrons. The Morgan fingerprint density at radius 3 is 2.94 bits per heavy atom. The van der Waals surface area contributed by atoms with Gasteiger partial charge in [-0.05, 0) is 31.2 Å². The van der Waals surface area contributed by atoms with Gasteiger partial charge in [0.15, 0.2) is 5.13 Å². The third-order valence-corrected chi connectivity index (χ3v) is 6.07. The SMILES string of the molecule is C=Cc1ncn(CCNC(=O)C2COCCN2)c1/C=C(\C)Nc1ncc(-c2ncccc2F)s1.CC. The summed E-state index contributed by atoms with van der Waals surface area (Å²) >= 11 is 1.31. The third-order valence-electron chi connectivity index (χ3n) is 5.15. The number of rotatable bonds is 9. The first-order valence-corrected chi connectivity index (χ1v) is 12.6. The number of anilines is 1. The van der Waals surface area contributed by atoms with Crippen LogP contribution in [0.1, 0.15) is 32.2 Å². The highest BCUT2D eigenvalue weighted by molar-refractivity contribution is 7.18. The molecule has 0 spiro atoms. The highest BCUT2D eigenvalue weighted by Crippen LogP contribution is 2.30. The van der Waals surface area contributed by atoms with Crippen molar-refractivity contribution < 1.29 is 13.9 Å². The summed E-state index contributed by atoms with van der Waals surface area (Å²) in [6, 6.07) is 2.60. The zero-order valence-electron chi connectivity index (χ0n) is 20.8. The largest absolute Gasteiger partial charge is 0.378 e. The van der Waals surface area contributed by atoms with Crippen LogP contribution in [0.25, 0.3) is 22.7 Å². The van der Waals surface area contributed by atoms with Crippen LogP contribution < -0.4 is 16.0 Å². The molecule has 3 N–H and O–H groups in total. The van der Waals surface area contributed by atoms with Crippen molar-refractivity contribution in [1.82, 2.24) is 30.2 Å². The van der Waals surface area contributed by atoms with Crippen LogP contribution in [0.15, 0.2) is 43.1 Å². The van der Waals surface area contributed by atoms with E-state index in [1.54, 1.807) is 30.9 Å². The van der Waals surface area contributed by atoms with E-state index in [2.05, 4.69) is 37.5 Å². The van der Waals surface area contributed by atoms with Crippen LogP contribution in [0.2, 0.25) is 0 Å². The molecule has 11 heteroatoms. The van der Waals surface area contributed by atoms with Crippen molar-refractivity contribution in [2.45, 2.75) is 33.4 Å². The molecule has 1 unspecified atom stereocenters. The number of allylic oxidation sites excluding steroid dienone is 1. The molecule has 0 radical (unpaired) electrons. The molecule has 3 aromatic heterocycles. The Bertz CT molecular complexity index is 1180. The lowest BCUT2D eigenvalue weighted by molar-refractivity contribution is -0.125. The molecule has 4 heterocycles. The maximum atomic E-state index is 14.0. The topological polar surface area (TPSA) is 106 Å². The van der Waals surface area contributed by atoms with Crippen LogP contribution in [0.4, 0.5) is 9.52 Å². The van der Waals surface area contributed by atoms with Gasteiger partial charge in [-0.25, -0.2) is 14.4 Å².